The van der Waals surface area contributed by atoms with E-state index in [1.165, 1.54) is 6.07 Å². The Kier molecular flexibility index (Phi) is 6.37. The number of halogens is 1. The number of nitrogens with one attached hydrogen (secondary N) is 1. The van der Waals surface area contributed by atoms with Crippen LogP contribution in [0.4, 0.5) is 5.69 Å². The first-order valence-electron chi connectivity index (χ1n) is 9.46. The Morgan fingerprint density at radius 3 is 2.58 bits per heavy atom. The summed E-state index contributed by atoms with van der Waals surface area (Å²) >= 11 is 6.42. The number of nitrogens with zero attached hydrogens (tertiary/aromatic N) is 4. The molecule has 0 saturated carbocycles. The average Bonchev–Trinajstić information content (AvgIpc) is 2.70. The van der Waals surface area contributed by atoms with Crippen molar-refractivity contribution in [3.05, 3.63) is 73.0 Å². The number of ether oxygens (including phenoxy) is 1. The molecule has 3 aromatic rings. The molecule has 158 valence electrons. The molecule has 8 nitrogen and oxygen atoms in total. The minimum absolute atomic E-state index is 0.243. The van der Waals surface area contributed by atoms with E-state index >= 15 is 0 Å². The second-order valence-electron chi connectivity index (χ2n) is 7.28. The number of aromatic amines is 1. The number of aromatic nitrogens is 3. The fourth-order valence-electron chi connectivity index (χ4n) is 2.80. The fraction of sp³-hybridized carbons (Fsp3) is 0.227. The quantitative estimate of drug-likeness (QED) is 0.600. The maximum atomic E-state index is 12.1. The molecule has 0 aliphatic rings. The molecule has 0 aliphatic carbocycles. The summed E-state index contributed by atoms with van der Waals surface area (Å²) in [5.74, 6) is 1.36. The van der Waals surface area contributed by atoms with Gasteiger partial charge in [0.05, 0.1) is 16.4 Å². The van der Waals surface area contributed by atoms with Gasteiger partial charge in [-0.25, -0.2) is 4.79 Å². The van der Waals surface area contributed by atoms with Crippen LogP contribution in [0.3, 0.4) is 0 Å². The molecule has 0 unspecified atom stereocenters. The summed E-state index contributed by atoms with van der Waals surface area (Å²) in [4.78, 5) is 30.2. The third-order valence-electron chi connectivity index (χ3n) is 4.29. The monoisotopic (exact) mass is 437 g/mol. The molecule has 0 fully saturated rings. The van der Waals surface area contributed by atoms with Crippen LogP contribution in [0.2, 0.25) is 5.02 Å². The zero-order chi connectivity index (χ0) is 22.7. The second-order valence-corrected chi connectivity index (χ2v) is 7.68. The van der Waals surface area contributed by atoms with Crippen LogP contribution in [-0.4, -0.2) is 21.0 Å². The molecular formula is C22H20ClN5O3. The predicted octanol–water partition coefficient (Wildman–Crippen LogP) is 4.21. The number of aryl methyl sites for hydroxylation is 2. The SMILES string of the molecule is Cc1cc(Oc2c(C)cc(-n3nc(C#N)c(=O)[nH]c3=O)cc2Cl)ccc1N=CC(C)C. The van der Waals surface area contributed by atoms with Crippen LogP contribution in [0, 0.1) is 31.1 Å². The summed E-state index contributed by atoms with van der Waals surface area (Å²) in [7, 11) is 0. The van der Waals surface area contributed by atoms with Gasteiger partial charge in [-0.2, -0.15) is 9.94 Å². The van der Waals surface area contributed by atoms with Crippen molar-refractivity contribution in [1.82, 2.24) is 14.8 Å². The van der Waals surface area contributed by atoms with E-state index in [1.807, 2.05) is 25.3 Å². The molecule has 3 rings (SSSR count). The van der Waals surface area contributed by atoms with Gasteiger partial charge in [-0.15, -0.1) is 5.10 Å². The van der Waals surface area contributed by atoms with E-state index in [0.29, 0.717) is 28.7 Å². The number of aliphatic imine (C=N–C) groups is 1. The van der Waals surface area contributed by atoms with Crippen LogP contribution in [0.1, 0.15) is 30.7 Å². The molecule has 2 aromatic carbocycles. The summed E-state index contributed by atoms with van der Waals surface area (Å²) in [5, 5.41) is 13.0. The van der Waals surface area contributed by atoms with E-state index < -0.39 is 16.9 Å². The van der Waals surface area contributed by atoms with E-state index in [4.69, 9.17) is 21.6 Å². The molecule has 9 heteroatoms. The van der Waals surface area contributed by atoms with Gasteiger partial charge in [0.25, 0.3) is 5.56 Å². The zero-order valence-corrected chi connectivity index (χ0v) is 18.2. The summed E-state index contributed by atoms with van der Waals surface area (Å²) in [6, 6.07) is 10.3. The van der Waals surface area contributed by atoms with Crippen LogP contribution in [0.5, 0.6) is 11.5 Å². The Morgan fingerprint density at radius 1 is 1.23 bits per heavy atom. The van der Waals surface area contributed by atoms with Crippen molar-refractivity contribution in [2.75, 3.05) is 0 Å². The van der Waals surface area contributed by atoms with Crippen molar-refractivity contribution in [3.63, 3.8) is 0 Å². The van der Waals surface area contributed by atoms with Crippen molar-refractivity contribution in [2.24, 2.45) is 10.9 Å². The van der Waals surface area contributed by atoms with Gasteiger partial charge in [0.2, 0.25) is 5.69 Å². The minimum atomic E-state index is -0.844. The van der Waals surface area contributed by atoms with E-state index in [1.54, 1.807) is 25.1 Å². The Balaban J connectivity index is 1.96. The van der Waals surface area contributed by atoms with Crippen LogP contribution in [0.15, 0.2) is 44.9 Å². The standard InChI is InChI=1S/C22H20ClN5O3/c1-12(2)11-25-18-6-5-16(8-13(18)3)31-20-14(4)7-15(9-17(20)23)28-22(30)26-21(29)19(10-24)27-28/h5-9,11-12H,1-4H3,(H,26,29,30). The number of H-pyrrole nitrogens is 1. The largest absolute Gasteiger partial charge is 0.456 e. The van der Waals surface area contributed by atoms with Crippen LogP contribution < -0.4 is 16.0 Å². The zero-order valence-electron chi connectivity index (χ0n) is 17.4. The lowest BCUT2D eigenvalue weighted by molar-refractivity contribution is 0.478. The van der Waals surface area contributed by atoms with Crippen molar-refractivity contribution in [3.8, 4) is 23.3 Å². The highest BCUT2D eigenvalue weighted by molar-refractivity contribution is 6.32. The summed E-state index contributed by atoms with van der Waals surface area (Å²) in [5.41, 5.74) is 0.695. The molecule has 0 radical (unpaired) electrons. The average molecular weight is 438 g/mol. The number of benzene rings is 2. The van der Waals surface area contributed by atoms with Gasteiger partial charge in [0, 0.05) is 6.21 Å². The Morgan fingerprint density at radius 2 is 1.97 bits per heavy atom. The van der Waals surface area contributed by atoms with Gasteiger partial charge in [0.1, 0.15) is 17.6 Å². The number of nitriles is 1. The maximum Gasteiger partial charge on any atom is 0.349 e. The number of hydrogen-bond donors (Lipinski definition) is 1. The first kappa shape index (κ1) is 22.0. The van der Waals surface area contributed by atoms with Crippen LogP contribution in [0.25, 0.3) is 5.69 Å². The van der Waals surface area contributed by atoms with Gasteiger partial charge in [0.15, 0.2) is 0 Å². The molecular weight excluding hydrogens is 418 g/mol. The molecule has 1 heterocycles. The van der Waals surface area contributed by atoms with Gasteiger partial charge < -0.3 is 4.74 Å². The highest BCUT2D eigenvalue weighted by Gasteiger charge is 2.14. The fourth-order valence-corrected chi connectivity index (χ4v) is 3.10. The predicted molar refractivity (Wildman–Crippen MR) is 119 cm³/mol. The third kappa shape index (κ3) is 4.90. The molecule has 0 bridgehead atoms. The van der Waals surface area contributed by atoms with E-state index in [0.717, 1.165) is 15.9 Å². The Labute approximate surface area is 183 Å². The third-order valence-corrected chi connectivity index (χ3v) is 4.57. The summed E-state index contributed by atoms with van der Waals surface area (Å²) in [6.45, 7) is 7.82. The van der Waals surface area contributed by atoms with Crippen molar-refractivity contribution >= 4 is 23.5 Å². The smallest absolute Gasteiger partial charge is 0.349 e. The molecule has 0 aliphatic heterocycles. The Bertz CT molecular complexity index is 1310. The van der Waals surface area contributed by atoms with Gasteiger partial charge in [-0.05, 0) is 61.2 Å². The van der Waals surface area contributed by atoms with E-state index in [-0.39, 0.29) is 5.02 Å². The first-order valence-corrected chi connectivity index (χ1v) is 9.84. The molecule has 1 aromatic heterocycles. The summed E-state index contributed by atoms with van der Waals surface area (Å²) < 4.78 is 6.90. The van der Waals surface area contributed by atoms with Crippen molar-refractivity contribution in [1.29, 1.82) is 5.26 Å². The first-order chi connectivity index (χ1) is 14.7. The highest BCUT2D eigenvalue weighted by Crippen LogP contribution is 2.35. The van der Waals surface area contributed by atoms with Crippen LogP contribution in [-0.2, 0) is 0 Å². The van der Waals surface area contributed by atoms with Crippen molar-refractivity contribution < 1.29 is 4.74 Å². The molecule has 0 spiro atoms. The van der Waals surface area contributed by atoms with E-state index in [9.17, 15) is 9.59 Å². The topological polar surface area (TPSA) is 113 Å². The van der Waals surface area contributed by atoms with Gasteiger partial charge >= 0.3 is 5.69 Å². The van der Waals surface area contributed by atoms with Crippen LogP contribution >= 0.6 is 11.6 Å². The van der Waals surface area contributed by atoms with Crippen molar-refractivity contribution in [2.45, 2.75) is 27.7 Å². The highest BCUT2D eigenvalue weighted by atomic mass is 35.5. The molecule has 0 saturated heterocycles. The lowest BCUT2D eigenvalue weighted by Gasteiger charge is -2.14. The summed E-state index contributed by atoms with van der Waals surface area (Å²) in [6.07, 6.45) is 1.88. The van der Waals surface area contributed by atoms with E-state index in [2.05, 4.69) is 28.9 Å². The molecule has 1 N–H and O–H groups in total. The second kappa shape index (κ2) is 8.98. The molecule has 0 amide bonds. The number of rotatable bonds is 5. The molecule has 31 heavy (non-hydrogen) atoms. The Hall–Kier alpha value is -3.70. The van der Waals surface area contributed by atoms with Gasteiger partial charge in [-0.1, -0.05) is 25.4 Å². The number of hydrogen-bond acceptors (Lipinski definition) is 6. The normalized spacial score (nSPS) is 11.1. The molecule has 0 atom stereocenters. The van der Waals surface area contributed by atoms with Gasteiger partial charge in [-0.3, -0.25) is 14.8 Å². The minimum Gasteiger partial charge on any atom is -0.456 e. The lowest BCUT2D eigenvalue weighted by atomic mass is 10.1. The lowest BCUT2D eigenvalue weighted by Crippen LogP contribution is -2.33. The maximum absolute atomic E-state index is 12.1.